The molecule has 1 rings (SSSR count). The van der Waals surface area contributed by atoms with Crippen LogP contribution in [0, 0.1) is 15.4 Å². The maximum absolute atomic E-state index is 12.0. The molecule has 19 heavy (non-hydrogen) atoms. The van der Waals surface area contributed by atoms with Crippen LogP contribution in [0.5, 0.6) is 0 Å². The van der Waals surface area contributed by atoms with Crippen LogP contribution in [0.3, 0.4) is 0 Å². The van der Waals surface area contributed by atoms with Crippen LogP contribution in [0.25, 0.3) is 0 Å². The maximum atomic E-state index is 12.0. The molecule has 0 aliphatic carbocycles. The van der Waals surface area contributed by atoms with Crippen molar-refractivity contribution in [2.45, 2.75) is 26.7 Å². The Morgan fingerprint density at radius 3 is 2.68 bits per heavy atom. The van der Waals surface area contributed by atoms with E-state index in [0.29, 0.717) is 23.9 Å². The summed E-state index contributed by atoms with van der Waals surface area (Å²) in [5.74, 6) is 0.804. The topological polar surface area (TPSA) is 55.1 Å². The summed E-state index contributed by atoms with van der Waals surface area (Å²) in [5.41, 5.74) is 6.51. The van der Waals surface area contributed by atoms with Crippen molar-refractivity contribution in [2.24, 2.45) is 17.6 Å². The minimum absolute atomic E-state index is 0.0105. The van der Waals surface area contributed by atoms with Crippen LogP contribution in [-0.4, -0.2) is 12.5 Å². The van der Waals surface area contributed by atoms with Gasteiger partial charge in [0.2, 0.25) is 5.91 Å². The zero-order valence-electron chi connectivity index (χ0n) is 11.2. The predicted octanol–water partition coefficient (Wildman–Crippen LogP) is 3.89. The van der Waals surface area contributed by atoms with Gasteiger partial charge in [0.1, 0.15) is 0 Å². The first-order valence-electron chi connectivity index (χ1n) is 6.37. The highest BCUT2D eigenvalue weighted by Crippen LogP contribution is 2.23. The molecule has 1 aromatic carbocycles. The Balaban J connectivity index is 2.59. The molecule has 106 valence electrons. The Labute approximate surface area is 133 Å². The second-order valence-electron chi connectivity index (χ2n) is 5.11. The minimum atomic E-state index is 0.0105. The van der Waals surface area contributed by atoms with Gasteiger partial charge in [0.15, 0.2) is 0 Å². The SMILES string of the molecule is CC(C)C[C@H](CN)CC(=O)Nc1ccc(Cl)cc1I. The third kappa shape index (κ3) is 6.10. The van der Waals surface area contributed by atoms with E-state index in [-0.39, 0.29) is 11.8 Å². The summed E-state index contributed by atoms with van der Waals surface area (Å²) in [6.07, 6.45) is 1.44. The van der Waals surface area contributed by atoms with E-state index < -0.39 is 0 Å². The number of rotatable bonds is 6. The first-order chi connectivity index (χ1) is 8.92. The van der Waals surface area contributed by atoms with Gasteiger partial charge in [0.05, 0.1) is 5.69 Å². The molecule has 5 heteroatoms. The zero-order chi connectivity index (χ0) is 14.4. The van der Waals surface area contributed by atoms with Gasteiger partial charge in [0, 0.05) is 15.0 Å². The van der Waals surface area contributed by atoms with E-state index in [4.69, 9.17) is 17.3 Å². The van der Waals surface area contributed by atoms with E-state index in [1.54, 1.807) is 6.07 Å². The fraction of sp³-hybridized carbons (Fsp3) is 0.500. The zero-order valence-corrected chi connectivity index (χ0v) is 14.2. The predicted molar refractivity (Wildman–Crippen MR) is 89.4 cm³/mol. The van der Waals surface area contributed by atoms with Gasteiger partial charge < -0.3 is 11.1 Å². The number of anilines is 1. The fourth-order valence-corrected chi connectivity index (χ4v) is 2.99. The average Bonchev–Trinajstić information content (AvgIpc) is 2.31. The van der Waals surface area contributed by atoms with Crippen LogP contribution >= 0.6 is 34.2 Å². The molecule has 3 N–H and O–H groups in total. The van der Waals surface area contributed by atoms with Crippen LogP contribution in [-0.2, 0) is 4.79 Å². The number of hydrogen-bond acceptors (Lipinski definition) is 2. The van der Waals surface area contributed by atoms with E-state index in [1.165, 1.54) is 0 Å². The molecule has 0 saturated heterocycles. The Morgan fingerprint density at radius 1 is 1.47 bits per heavy atom. The lowest BCUT2D eigenvalue weighted by Crippen LogP contribution is -2.23. The molecule has 3 nitrogen and oxygen atoms in total. The van der Waals surface area contributed by atoms with Crippen LogP contribution < -0.4 is 11.1 Å². The molecule has 0 bridgehead atoms. The van der Waals surface area contributed by atoms with Gasteiger partial charge in [0.25, 0.3) is 0 Å². The normalized spacial score (nSPS) is 12.5. The first-order valence-corrected chi connectivity index (χ1v) is 7.83. The van der Waals surface area contributed by atoms with Gasteiger partial charge in [-0.2, -0.15) is 0 Å². The Bertz CT molecular complexity index is 437. The molecule has 1 atom stereocenters. The number of nitrogens with two attached hydrogens (primary N) is 1. The number of carbonyl (C=O) groups is 1. The smallest absolute Gasteiger partial charge is 0.224 e. The van der Waals surface area contributed by atoms with Crippen molar-refractivity contribution in [3.8, 4) is 0 Å². The Kier molecular flexibility index (Phi) is 7.10. The van der Waals surface area contributed by atoms with Crippen LogP contribution in [0.15, 0.2) is 18.2 Å². The minimum Gasteiger partial charge on any atom is -0.330 e. The molecule has 0 unspecified atom stereocenters. The van der Waals surface area contributed by atoms with Gasteiger partial charge in [-0.15, -0.1) is 0 Å². The van der Waals surface area contributed by atoms with Crippen molar-refractivity contribution in [3.05, 3.63) is 26.8 Å². The molecule has 0 radical (unpaired) electrons. The number of amides is 1. The highest BCUT2D eigenvalue weighted by Gasteiger charge is 2.15. The maximum Gasteiger partial charge on any atom is 0.224 e. The second kappa shape index (κ2) is 8.07. The summed E-state index contributed by atoms with van der Waals surface area (Å²) in [7, 11) is 0. The van der Waals surface area contributed by atoms with Crippen molar-refractivity contribution < 1.29 is 4.79 Å². The summed E-state index contributed by atoms with van der Waals surface area (Å²) in [5, 5.41) is 3.58. The van der Waals surface area contributed by atoms with Crippen molar-refractivity contribution >= 4 is 45.8 Å². The molecule has 0 aliphatic heterocycles. The van der Waals surface area contributed by atoms with Crippen molar-refractivity contribution in [2.75, 3.05) is 11.9 Å². The standard InChI is InChI=1S/C14H20ClIN2O/c1-9(2)5-10(8-17)6-14(19)18-13-4-3-11(15)7-12(13)16/h3-4,7,9-10H,5-6,8,17H2,1-2H3,(H,18,19)/t10-/m0/s1. The monoisotopic (exact) mass is 394 g/mol. The molecular weight excluding hydrogens is 375 g/mol. The van der Waals surface area contributed by atoms with Crippen LogP contribution in [0.2, 0.25) is 5.02 Å². The van der Waals surface area contributed by atoms with Gasteiger partial charge in [-0.25, -0.2) is 0 Å². The number of benzene rings is 1. The molecule has 0 fully saturated rings. The lowest BCUT2D eigenvalue weighted by atomic mass is 9.94. The van der Waals surface area contributed by atoms with E-state index in [0.717, 1.165) is 15.7 Å². The second-order valence-corrected chi connectivity index (χ2v) is 6.71. The summed E-state index contributed by atoms with van der Waals surface area (Å²) in [6.45, 7) is 4.83. The number of carbonyl (C=O) groups excluding carboxylic acids is 1. The number of hydrogen-bond donors (Lipinski definition) is 2. The van der Waals surface area contributed by atoms with Crippen molar-refractivity contribution in [3.63, 3.8) is 0 Å². The lowest BCUT2D eigenvalue weighted by Gasteiger charge is -2.17. The molecule has 0 aromatic heterocycles. The van der Waals surface area contributed by atoms with Gasteiger partial charge in [-0.3, -0.25) is 4.79 Å². The molecule has 0 saturated carbocycles. The molecule has 0 spiro atoms. The molecule has 1 aromatic rings. The Morgan fingerprint density at radius 2 is 2.16 bits per heavy atom. The van der Waals surface area contributed by atoms with E-state index in [9.17, 15) is 4.79 Å². The van der Waals surface area contributed by atoms with Gasteiger partial charge >= 0.3 is 0 Å². The molecule has 0 aliphatic rings. The summed E-state index contributed by atoms with van der Waals surface area (Å²) in [4.78, 5) is 12.0. The number of nitrogens with one attached hydrogen (secondary N) is 1. The fourth-order valence-electron chi connectivity index (χ4n) is 1.98. The van der Waals surface area contributed by atoms with Crippen molar-refractivity contribution in [1.29, 1.82) is 0 Å². The molecular formula is C14H20ClIN2O. The quantitative estimate of drug-likeness (QED) is 0.719. The first kappa shape index (κ1) is 16.7. The highest BCUT2D eigenvalue weighted by atomic mass is 127. The van der Waals surface area contributed by atoms with Crippen LogP contribution in [0.4, 0.5) is 5.69 Å². The number of halogens is 2. The molecule has 1 amide bonds. The Hall–Kier alpha value is -0.330. The van der Waals surface area contributed by atoms with Crippen LogP contribution in [0.1, 0.15) is 26.7 Å². The van der Waals surface area contributed by atoms with E-state index in [1.807, 2.05) is 12.1 Å². The lowest BCUT2D eigenvalue weighted by molar-refractivity contribution is -0.117. The summed E-state index contributed by atoms with van der Waals surface area (Å²) >= 11 is 8.04. The molecule has 0 heterocycles. The third-order valence-electron chi connectivity index (χ3n) is 2.82. The van der Waals surface area contributed by atoms with Crippen molar-refractivity contribution in [1.82, 2.24) is 0 Å². The largest absolute Gasteiger partial charge is 0.330 e. The highest BCUT2D eigenvalue weighted by molar-refractivity contribution is 14.1. The summed E-state index contributed by atoms with van der Waals surface area (Å²) in [6, 6.07) is 5.42. The van der Waals surface area contributed by atoms with Gasteiger partial charge in [-0.1, -0.05) is 25.4 Å². The van der Waals surface area contributed by atoms with E-state index >= 15 is 0 Å². The summed E-state index contributed by atoms with van der Waals surface area (Å²) < 4.78 is 0.937. The third-order valence-corrected chi connectivity index (χ3v) is 3.94. The average molecular weight is 395 g/mol. The van der Waals surface area contributed by atoms with Gasteiger partial charge in [-0.05, 0) is 65.6 Å². The van der Waals surface area contributed by atoms with E-state index in [2.05, 4.69) is 41.8 Å².